The quantitative estimate of drug-likeness (QED) is 0.487. The van der Waals surface area contributed by atoms with Crippen LogP contribution in [-0.2, 0) is 13.0 Å². The minimum atomic E-state index is -0.110. The highest BCUT2D eigenvalue weighted by Crippen LogP contribution is 2.17. The number of rotatable bonds is 10. The zero-order valence-electron chi connectivity index (χ0n) is 16.7. The summed E-state index contributed by atoms with van der Waals surface area (Å²) in [5.41, 5.74) is 2.59. The second kappa shape index (κ2) is 10.1. The molecule has 0 aliphatic carbocycles. The van der Waals surface area contributed by atoms with Crippen molar-refractivity contribution in [2.24, 2.45) is 0 Å². The lowest BCUT2D eigenvalue weighted by Crippen LogP contribution is -2.20. The summed E-state index contributed by atoms with van der Waals surface area (Å²) in [6.07, 6.45) is 5.66. The number of anilines is 1. The molecule has 1 aromatic heterocycles. The molecular formula is C22H30N4O2. The monoisotopic (exact) mass is 382 g/mol. The first kappa shape index (κ1) is 20.1. The minimum Gasteiger partial charge on any atom is -0.494 e. The molecule has 2 N–H and O–H groups in total. The number of aromatic amines is 1. The van der Waals surface area contributed by atoms with Crippen LogP contribution in [0.3, 0.4) is 0 Å². The van der Waals surface area contributed by atoms with E-state index >= 15 is 0 Å². The summed E-state index contributed by atoms with van der Waals surface area (Å²) in [5, 5.41) is 3.16. The SMILES string of the molecule is C=CCc1c(C)nc(NCCCOc2cccc(CN3CCCC3)c2)[nH]c1=O. The summed E-state index contributed by atoms with van der Waals surface area (Å²) in [6.45, 7) is 10.2. The maximum atomic E-state index is 12.1. The lowest BCUT2D eigenvalue weighted by Gasteiger charge is -2.15. The zero-order valence-corrected chi connectivity index (χ0v) is 16.7. The van der Waals surface area contributed by atoms with Gasteiger partial charge in [0.15, 0.2) is 0 Å². The molecule has 6 nitrogen and oxygen atoms in total. The van der Waals surface area contributed by atoms with Gasteiger partial charge in [-0.3, -0.25) is 14.7 Å². The van der Waals surface area contributed by atoms with Crippen molar-refractivity contribution in [1.29, 1.82) is 0 Å². The second-order valence-corrected chi connectivity index (χ2v) is 7.23. The number of hydrogen-bond donors (Lipinski definition) is 2. The molecule has 3 rings (SSSR count). The number of likely N-dealkylation sites (tertiary alicyclic amines) is 1. The van der Waals surface area contributed by atoms with Gasteiger partial charge in [-0.05, 0) is 63.4 Å². The van der Waals surface area contributed by atoms with Gasteiger partial charge in [0.1, 0.15) is 5.75 Å². The van der Waals surface area contributed by atoms with Crippen LogP contribution in [0.15, 0.2) is 41.7 Å². The van der Waals surface area contributed by atoms with Gasteiger partial charge in [0, 0.05) is 18.7 Å². The van der Waals surface area contributed by atoms with Gasteiger partial charge in [-0.15, -0.1) is 6.58 Å². The highest BCUT2D eigenvalue weighted by molar-refractivity contribution is 5.30. The molecule has 1 aliphatic heterocycles. The number of allylic oxidation sites excluding steroid dienone is 1. The number of nitrogens with one attached hydrogen (secondary N) is 2. The van der Waals surface area contributed by atoms with Gasteiger partial charge < -0.3 is 10.1 Å². The summed E-state index contributed by atoms with van der Waals surface area (Å²) < 4.78 is 5.89. The molecule has 2 aromatic rings. The summed E-state index contributed by atoms with van der Waals surface area (Å²) in [4.78, 5) is 21.7. The molecule has 1 saturated heterocycles. The fourth-order valence-corrected chi connectivity index (χ4v) is 3.48. The molecule has 0 saturated carbocycles. The topological polar surface area (TPSA) is 70.2 Å². The number of nitrogens with zero attached hydrogens (tertiary/aromatic N) is 2. The summed E-state index contributed by atoms with van der Waals surface area (Å²) in [7, 11) is 0. The number of hydrogen-bond acceptors (Lipinski definition) is 5. The third kappa shape index (κ3) is 5.70. The maximum absolute atomic E-state index is 12.1. The number of ether oxygens (including phenoxy) is 1. The van der Waals surface area contributed by atoms with E-state index < -0.39 is 0 Å². The molecule has 0 unspecified atom stereocenters. The van der Waals surface area contributed by atoms with E-state index in [9.17, 15) is 4.79 Å². The molecule has 6 heteroatoms. The van der Waals surface area contributed by atoms with Crippen molar-refractivity contribution in [3.8, 4) is 5.75 Å². The van der Waals surface area contributed by atoms with Crippen LogP contribution in [0.1, 0.15) is 36.1 Å². The first-order chi connectivity index (χ1) is 13.7. The molecule has 0 bridgehead atoms. The molecule has 1 aliphatic rings. The fraction of sp³-hybridized carbons (Fsp3) is 0.455. The lowest BCUT2D eigenvalue weighted by molar-refractivity contribution is 0.310. The van der Waals surface area contributed by atoms with Crippen molar-refractivity contribution in [3.05, 3.63) is 64.1 Å². The molecule has 1 aromatic carbocycles. The minimum absolute atomic E-state index is 0.110. The third-order valence-corrected chi connectivity index (χ3v) is 4.96. The maximum Gasteiger partial charge on any atom is 0.256 e. The Bertz CT molecular complexity index is 841. The van der Waals surface area contributed by atoms with Crippen LogP contribution in [0.25, 0.3) is 0 Å². The van der Waals surface area contributed by atoms with Gasteiger partial charge in [-0.25, -0.2) is 4.98 Å². The van der Waals surface area contributed by atoms with Crippen LogP contribution in [0.4, 0.5) is 5.95 Å². The smallest absolute Gasteiger partial charge is 0.256 e. The molecular weight excluding hydrogens is 352 g/mol. The van der Waals surface area contributed by atoms with Crippen molar-refractivity contribution in [2.45, 2.75) is 39.2 Å². The Labute approximate surface area is 166 Å². The van der Waals surface area contributed by atoms with E-state index in [0.29, 0.717) is 31.1 Å². The van der Waals surface area contributed by atoms with Crippen LogP contribution >= 0.6 is 0 Å². The largest absolute Gasteiger partial charge is 0.494 e. The van der Waals surface area contributed by atoms with Crippen molar-refractivity contribution in [3.63, 3.8) is 0 Å². The van der Waals surface area contributed by atoms with Gasteiger partial charge in [-0.2, -0.15) is 0 Å². The first-order valence-electron chi connectivity index (χ1n) is 10.0. The van der Waals surface area contributed by atoms with Crippen LogP contribution in [0, 0.1) is 6.92 Å². The van der Waals surface area contributed by atoms with E-state index in [-0.39, 0.29) is 5.56 Å². The van der Waals surface area contributed by atoms with Gasteiger partial charge in [-0.1, -0.05) is 18.2 Å². The molecule has 0 atom stereocenters. The Hall–Kier alpha value is -2.60. The van der Waals surface area contributed by atoms with E-state index in [0.717, 1.165) is 24.4 Å². The Kier molecular flexibility index (Phi) is 7.25. The van der Waals surface area contributed by atoms with Crippen molar-refractivity contribution in [2.75, 3.05) is 31.6 Å². The van der Waals surface area contributed by atoms with Gasteiger partial charge in [0.25, 0.3) is 5.56 Å². The molecule has 150 valence electrons. The van der Waals surface area contributed by atoms with Crippen molar-refractivity contribution >= 4 is 5.95 Å². The average molecular weight is 383 g/mol. The Morgan fingerprint density at radius 3 is 2.93 bits per heavy atom. The first-order valence-corrected chi connectivity index (χ1v) is 10.0. The normalized spacial score (nSPS) is 14.2. The molecule has 28 heavy (non-hydrogen) atoms. The van der Waals surface area contributed by atoms with Crippen LogP contribution in [-0.4, -0.2) is 41.1 Å². The average Bonchev–Trinajstić information content (AvgIpc) is 3.18. The number of H-pyrrole nitrogens is 1. The van der Waals surface area contributed by atoms with E-state index in [4.69, 9.17) is 4.74 Å². The molecule has 0 radical (unpaired) electrons. The lowest BCUT2D eigenvalue weighted by atomic mass is 10.2. The van der Waals surface area contributed by atoms with Crippen LogP contribution in [0.2, 0.25) is 0 Å². The van der Waals surface area contributed by atoms with E-state index in [1.165, 1.54) is 31.5 Å². The Balaban J connectivity index is 1.42. The fourth-order valence-electron chi connectivity index (χ4n) is 3.48. The van der Waals surface area contributed by atoms with Crippen molar-refractivity contribution in [1.82, 2.24) is 14.9 Å². The second-order valence-electron chi connectivity index (χ2n) is 7.23. The molecule has 0 amide bonds. The third-order valence-electron chi connectivity index (χ3n) is 4.96. The number of aryl methyl sites for hydroxylation is 1. The van der Waals surface area contributed by atoms with E-state index in [1.54, 1.807) is 6.08 Å². The standard InChI is InChI=1S/C22H30N4O2/c1-3-8-20-17(2)24-22(25-21(20)27)23-11-7-14-28-19-10-6-9-18(15-19)16-26-12-4-5-13-26/h3,6,9-10,15H,1,4-5,7-8,11-14,16H2,2H3,(H2,23,24,25,27). The summed E-state index contributed by atoms with van der Waals surface area (Å²) in [6, 6.07) is 8.35. The molecule has 2 heterocycles. The molecule has 0 spiro atoms. The van der Waals surface area contributed by atoms with Gasteiger partial charge >= 0.3 is 0 Å². The van der Waals surface area contributed by atoms with Gasteiger partial charge in [0.2, 0.25) is 5.95 Å². The van der Waals surface area contributed by atoms with Crippen LogP contribution < -0.4 is 15.6 Å². The van der Waals surface area contributed by atoms with E-state index in [2.05, 4.69) is 45.0 Å². The number of aromatic nitrogens is 2. The highest BCUT2D eigenvalue weighted by Gasteiger charge is 2.12. The van der Waals surface area contributed by atoms with Gasteiger partial charge in [0.05, 0.1) is 12.3 Å². The number of benzene rings is 1. The van der Waals surface area contributed by atoms with Crippen LogP contribution in [0.5, 0.6) is 5.75 Å². The summed E-state index contributed by atoms with van der Waals surface area (Å²) in [5.74, 6) is 1.41. The zero-order chi connectivity index (χ0) is 19.8. The molecule has 1 fully saturated rings. The Morgan fingerprint density at radius 1 is 1.36 bits per heavy atom. The van der Waals surface area contributed by atoms with E-state index in [1.807, 2.05) is 13.0 Å². The highest BCUT2D eigenvalue weighted by atomic mass is 16.5. The van der Waals surface area contributed by atoms with Crippen molar-refractivity contribution < 1.29 is 4.74 Å². The summed E-state index contributed by atoms with van der Waals surface area (Å²) >= 11 is 0. The Morgan fingerprint density at radius 2 is 2.18 bits per heavy atom. The predicted molar refractivity (Wildman–Crippen MR) is 113 cm³/mol. The predicted octanol–water partition coefficient (Wildman–Crippen LogP) is 3.28.